The molecule has 0 radical (unpaired) electrons. The van der Waals surface area contributed by atoms with Crippen LogP contribution in [0, 0.1) is 87.7 Å². The molecule has 8 N–H and O–H groups in total. The molecule has 41 heavy (non-hydrogen) atoms. The summed E-state index contributed by atoms with van der Waals surface area (Å²) < 4.78 is 0. The van der Waals surface area contributed by atoms with Crippen LogP contribution in [0.15, 0.2) is 0 Å². The van der Waals surface area contributed by atoms with E-state index in [0.717, 1.165) is 47.3 Å². The average molecular weight is 703 g/mol. The van der Waals surface area contributed by atoms with Crippen molar-refractivity contribution in [3.05, 3.63) is 0 Å². The number of fused-ring (bicyclic) bond motifs is 20. The van der Waals surface area contributed by atoms with E-state index in [1.54, 1.807) is 0 Å². The maximum absolute atomic E-state index is 4.26. The van der Waals surface area contributed by atoms with Crippen LogP contribution in [0.5, 0.6) is 0 Å². The molecular weight excluding hydrogens is 647 g/mol. The second kappa shape index (κ2) is 12.3. The van der Waals surface area contributed by atoms with Gasteiger partial charge in [0.1, 0.15) is 0 Å². The van der Waals surface area contributed by atoms with Crippen LogP contribution in [0.2, 0.25) is 0 Å². The van der Waals surface area contributed by atoms with Gasteiger partial charge in [0.05, 0.1) is 49.3 Å². The monoisotopic (exact) mass is 704 g/mol. The molecule has 9 aliphatic rings. The first-order valence-electron chi connectivity index (χ1n) is 17.9. The molecular formula is C32H56N8Sm. The Labute approximate surface area is 280 Å². The predicted molar refractivity (Wildman–Crippen MR) is 157 cm³/mol. The summed E-state index contributed by atoms with van der Waals surface area (Å²) in [5.74, 6) is 5.97. The zero-order valence-electron chi connectivity index (χ0n) is 25.0. The van der Waals surface area contributed by atoms with Crippen LogP contribution in [-0.2, 0) is 0 Å². The van der Waals surface area contributed by atoms with Crippen LogP contribution >= 0.6 is 0 Å². The van der Waals surface area contributed by atoms with Crippen molar-refractivity contribution in [3.63, 3.8) is 0 Å². The molecule has 5 aliphatic heterocycles. The molecule has 0 amide bonds. The van der Waals surface area contributed by atoms with Crippen molar-refractivity contribution in [3.8, 4) is 0 Å². The molecule has 0 spiro atoms. The Balaban J connectivity index is 0.00000256. The van der Waals surface area contributed by atoms with Crippen LogP contribution < -0.4 is 42.5 Å². The summed E-state index contributed by atoms with van der Waals surface area (Å²) in [5.41, 5.74) is 0. The Kier molecular flexibility index (Phi) is 8.84. The van der Waals surface area contributed by atoms with Gasteiger partial charge < -0.3 is 0 Å². The van der Waals surface area contributed by atoms with Gasteiger partial charge in [-0.2, -0.15) is 0 Å². The molecule has 0 aromatic carbocycles. The summed E-state index contributed by atoms with van der Waals surface area (Å²) in [7, 11) is 0. The fraction of sp³-hybridized carbons (Fsp3) is 1.00. The zero-order valence-corrected chi connectivity index (χ0v) is 27.6. The Morgan fingerprint density at radius 2 is 0.341 bits per heavy atom. The first-order chi connectivity index (χ1) is 19.8. The van der Waals surface area contributed by atoms with Crippen LogP contribution in [-0.4, -0.2) is 49.3 Å². The summed E-state index contributed by atoms with van der Waals surface area (Å²) in [5, 5.41) is 33.8. The molecule has 5 heterocycles. The third kappa shape index (κ3) is 5.25. The maximum atomic E-state index is 4.26. The summed E-state index contributed by atoms with van der Waals surface area (Å²) in [4.78, 5) is 0. The fourth-order valence-corrected chi connectivity index (χ4v) is 12.0. The summed E-state index contributed by atoms with van der Waals surface area (Å²) in [6.07, 6.45) is 25.6. The van der Waals surface area contributed by atoms with E-state index in [-0.39, 0.29) is 40.4 Å². The van der Waals surface area contributed by atoms with E-state index in [1.165, 1.54) is 103 Å². The number of hydrogen-bond acceptors (Lipinski definition) is 8. The van der Waals surface area contributed by atoms with Crippen LogP contribution in [0.4, 0.5) is 0 Å². The summed E-state index contributed by atoms with van der Waals surface area (Å²) in [6, 6.07) is 0. The van der Waals surface area contributed by atoms with Gasteiger partial charge in [0.25, 0.3) is 0 Å². The van der Waals surface area contributed by atoms with E-state index in [2.05, 4.69) is 42.5 Å². The normalized spacial score (nSPS) is 56.2. The van der Waals surface area contributed by atoms with Crippen molar-refractivity contribution in [2.24, 2.45) is 47.3 Å². The second-order valence-corrected chi connectivity index (χ2v) is 15.6. The van der Waals surface area contributed by atoms with Crippen molar-refractivity contribution in [1.82, 2.24) is 42.5 Å². The maximum Gasteiger partial charge on any atom is 0.0628 e. The minimum absolute atomic E-state index is 0. The molecule has 8 atom stereocenters. The Hall–Kier alpha value is 1.02. The molecule has 8 unspecified atom stereocenters. The number of hydrogen-bond donors (Lipinski definition) is 8. The zero-order chi connectivity index (χ0) is 26.2. The van der Waals surface area contributed by atoms with E-state index in [0.29, 0.717) is 49.3 Å². The summed E-state index contributed by atoms with van der Waals surface area (Å²) >= 11 is 0. The minimum Gasteiger partial charge on any atom is -0.286 e. The van der Waals surface area contributed by atoms with Gasteiger partial charge >= 0.3 is 0 Å². The minimum atomic E-state index is 0. The number of nitrogens with one attached hydrogen (secondary N) is 8. The van der Waals surface area contributed by atoms with E-state index in [9.17, 15) is 0 Å². The first-order valence-corrected chi connectivity index (χ1v) is 17.9. The standard InChI is InChI=1S/C32H56N8.Sm/c1-2-10-18-17(9-1)25-33-26(18)38-28-21-13-5-6-14-22(21)30(35-28)40-32-24-16-8-7-15-23(24)31(36-32)39-29-20-12-4-3-11-19(20)27(34-29)37-25;/h17-40H,1-16H2;. The first kappa shape index (κ1) is 29.4. The topological polar surface area (TPSA) is 96.2 Å². The number of rotatable bonds is 0. The molecule has 4 aliphatic carbocycles. The molecule has 0 aromatic heterocycles. The van der Waals surface area contributed by atoms with Crippen LogP contribution in [0.25, 0.3) is 0 Å². The van der Waals surface area contributed by atoms with Gasteiger partial charge in [-0.3, -0.25) is 42.5 Å². The Bertz CT molecular complexity index is 716. The molecule has 230 valence electrons. The molecule has 9 rings (SSSR count). The third-order valence-corrected chi connectivity index (χ3v) is 13.8. The Morgan fingerprint density at radius 1 is 0.220 bits per heavy atom. The second-order valence-electron chi connectivity index (χ2n) is 15.6. The van der Waals surface area contributed by atoms with Gasteiger partial charge in [0.2, 0.25) is 0 Å². The van der Waals surface area contributed by atoms with E-state index in [1.807, 2.05) is 0 Å². The van der Waals surface area contributed by atoms with Crippen LogP contribution in [0.1, 0.15) is 103 Å². The molecule has 5 saturated heterocycles. The molecule has 9 fully saturated rings. The molecule has 8 bridgehead atoms. The third-order valence-electron chi connectivity index (χ3n) is 13.8. The largest absolute Gasteiger partial charge is 0.286 e. The van der Waals surface area contributed by atoms with Gasteiger partial charge in [0.15, 0.2) is 0 Å². The fourth-order valence-electron chi connectivity index (χ4n) is 12.0. The Morgan fingerprint density at radius 3 is 0.463 bits per heavy atom. The van der Waals surface area contributed by atoms with Crippen molar-refractivity contribution >= 4 is 0 Å². The van der Waals surface area contributed by atoms with Gasteiger partial charge in [0, 0.05) is 40.4 Å². The van der Waals surface area contributed by atoms with Crippen molar-refractivity contribution in [2.75, 3.05) is 0 Å². The molecule has 9 heteroatoms. The van der Waals surface area contributed by atoms with Gasteiger partial charge in [-0.05, 0) is 98.7 Å². The molecule has 4 saturated carbocycles. The van der Waals surface area contributed by atoms with Crippen molar-refractivity contribution < 1.29 is 40.4 Å². The SMILES string of the molecule is C1CCC2C3NC(NC4NC(NC5NC(NC6NC(N3)C3CCCCC63)C3CCCCC53)C3CCCCC43)C2C1.[Sm]. The molecule has 0 aromatic rings. The van der Waals surface area contributed by atoms with Gasteiger partial charge in [-0.15, -0.1) is 0 Å². The van der Waals surface area contributed by atoms with E-state index < -0.39 is 0 Å². The molecule has 8 nitrogen and oxygen atoms in total. The van der Waals surface area contributed by atoms with Gasteiger partial charge in [-0.1, -0.05) is 51.4 Å². The predicted octanol–water partition coefficient (Wildman–Crippen LogP) is 2.61. The van der Waals surface area contributed by atoms with Crippen molar-refractivity contribution in [1.29, 1.82) is 0 Å². The van der Waals surface area contributed by atoms with E-state index in [4.69, 9.17) is 0 Å². The van der Waals surface area contributed by atoms with E-state index >= 15 is 0 Å². The quantitative estimate of drug-likeness (QED) is 0.196. The summed E-state index contributed by atoms with van der Waals surface area (Å²) in [6.45, 7) is 0. The van der Waals surface area contributed by atoms with Crippen molar-refractivity contribution in [2.45, 2.75) is 152 Å². The van der Waals surface area contributed by atoms with Gasteiger partial charge in [-0.25, -0.2) is 0 Å². The van der Waals surface area contributed by atoms with Crippen LogP contribution in [0.3, 0.4) is 0 Å². The smallest absolute Gasteiger partial charge is 0.0628 e. The average Bonchev–Trinajstić information content (AvgIpc) is 3.73.